The summed E-state index contributed by atoms with van der Waals surface area (Å²) in [6.45, 7) is 4.14. The molecule has 3 aromatic rings. The molecule has 0 saturated carbocycles. The van der Waals surface area contributed by atoms with Crippen LogP contribution in [-0.4, -0.2) is 26.6 Å². The minimum Gasteiger partial charge on any atom is -0.351 e. The van der Waals surface area contributed by atoms with E-state index in [1.807, 2.05) is 50.2 Å². The van der Waals surface area contributed by atoms with Crippen molar-refractivity contribution >= 4 is 56.6 Å². The number of amides is 1. The topological polar surface area (TPSA) is 75.3 Å². The average Bonchev–Trinajstić information content (AvgIpc) is 2.77. The number of anilines is 1. The smallest absolute Gasteiger partial charge is 0.263 e. The first kappa shape index (κ1) is 25.4. The lowest BCUT2D eigenvalue weighted by molar-refractivity contribution is 0.0956. The maximum Gasteiger partial charge on any atom is 0.263 e. The summed E-state index contributed by atoms with van der Waals surface area (Å²) >= 11 is 13.7. The Labute approximate surface area is 208 Å². The van der Waals surface area contributed by atoms with E-state index in [4.69, 9.17) is 23.2 Å². The number of sulfonamides is 1. The summed E-state index contributed by atoms with van der Waals surface area (Å²) in [6.07, 6.45) is 0. The summed E-state index contributed by atoms with van der Waals surface area (Å²) in [4.78, 5) is 12.4. The highest BCUT2D eigenvalue weighted by Crippen LogP contribution is 2.27. The summed E-state index contributed by atoms with van der Waals surface area (Å²) in [7, 11) is -3.98. The van der Waals surface area contributed by atoms with Crippen LogP contribution in [0.5, 0.6) is 0 Å². The highest BCUT2D eigenvalue weighted by Gasteiger charge is 2.21. The molecule has 33 heavy (non-hydrogen) atoms. The summed E-state index contributed by atoms with van der Waals surface area (Å²) in [5, 5.41) is 3.56. The molecule has 3 rings (SSSR count). The molecule has 0 aliphatic rings. The second-order valence-corrected chi connectivity index (χ2v) is 11.1. The fraction of sp³-hybridized carbons (Fsp3) is 0.208. The Morgan fingerprint density at radius 2 is 1.70 bits per heavy atom. The summed E-state index contributed by atoms with van der Waals surface area (Å²) in [5.41, 5.74) is 3.55. The van der Waals surface area contributed by atoms with Crippen molar-refractivity contribution < 1.29 is 13.2 Å². The Kier molecular flexibility index (Phi) is 8.70. The number of carbonyl (C=O) groups excluding carboxylic acids is 1. The monoisotopic (exact) mass is 522 g/mol. The van der Waals surface area contributed by atoms with Crippen LogP contribution in [-0.2, 0) is 15.8 Å². The van der Waals surface area contributed by atoms with Crippen LogP contribution >= 0.6 is 35.0 Å². The average molecular weight is 524 g/mol. The van der Waals surface area contributed by atoms with E-state index in [1.54, 1.807) is 17.8 Å². The Morgan fingerprint density at radius 1 is 0.970 bits per heavy atom. The van der Waals surface area contributed by atoms with Gasteiger partial charge in [0.05, 0.1) is 10.7 Å². The molecule has 0 atom stereocenters. The van der Waals surface area contributed by atoms with Crippen LogP contribution in [0.15, 0.2) is 65.6 Å². The number of aryl methyl sites for hydroxylation is 2. The lowest BCUT2D eigenvalue weighted by atomic mass is 10.1. The number of carbonyl (C=O) groups is 1. The van der Waals surface area contributed by atoms with E-state index in [-0.39, 0.29) is 21.4 Å². The van der Waals surface area contributed by atoms with E-state index in [2.05, 4.69) is 10.0 Å². The number of hydrogen-bond donors (Lipinski definition) is 2. The van der Waals surface area contributed by atoms with Gasteiger partial charge in [-0.15, -0.1) is 0 Å². The molecule has 0 bridgehead atoms. The first-order valence-electron chi connectivity index (χ1n) is 10.2. The summed E-state index contributed by atoms with van der Waals surface area (Å²) in [5.74, 6) is 1.16. The normalized spacial score (nSPS) is 11.3. The highest BCUT2D eigenvalue weighted by atomic mass is 35.5. The van der Waals surface area contributed by atoms with Crippen molar-refractivity contribution in [3.05, 3.63) is 93.0 Å². The molecule has 0 aliphatic heterocycles. The third-order valence-corrected chi connectivity index (χ3v) is 7.96. The molecular formula is C24H24Cl2N2O3S2. The van der Waals surface area contributed by atoms with Crippen LogP contribution in [0.4, 0.5) is 5.69 Å². The van der Waals surface area contributed by atoms with Gasteiger partial charge in [-0.05, 0) is 66.9 Å². The molecule has 5 nitrogen and oxygen atoms in total. The second-order valence-electron chi connectivity index (χ2n) is 7.50. The van der Waals surface area contributed by atoms with Crippen molar-refractivity contribution in [2.75, 3.05) is 17.0 Å². The molecule has 0 spiro atoms. The van der Waals surface area contributed by atoms with Gasteiger partial charge in [0.15, 0.2) is 0 Å². The van der Waals surface area contributed by atoms with Gasteiger partial charge in [-0.3, -0.25) is 9.52 Å². The van der Waals surface area contributed by atoms with Gasteiger partial charge < -0.3 is 5.32 Å². The molecule has 9 heteroatoms. The van der Waals surface area contributed by atoms with Crippen LogP contribution in [0.25, 0.3) is 0 Å². The largest absolute Gasteiger partial charge is 0.351 e. The van der Waals surface area contributed by atoms with Crippen LogP contribution in [0.1, 0.15) is 27.0 Å². The number of thioether (sulfide) groups is 1. The van der Waals surface area contributed by atoms with Crippen molar-refractivity contribution in [1.82, 2.24) is 5.32 Å². The quantitative estimate of drug-likeness (QED) is 0.334. The number of rotatable bonds is 9. The number of halogens is 2. The van der Waals surface area contributed by atoms with E-state index >= 15 is 0 Å². The minimum atomic E-state index is -3.98. The van der Waals surface area contributed by atoms with E-state index in [0.29, 0.717) is 23.0 Å². The number of hydrogen-bond acceptors (Lipinski definition) is 4. The van der Waals surface area contributed by atoms with Crippen molar-refractivity contribution in [3.8, 4) is 0 Å². The van der Waals surface area contributed by atoms with Gasteiger partial charge in [0.2, 0.25) is 0 Å². The van der Waals surface area contributed by atoms with E-state index in [0.717, 1.165) is 22.4 Å². The zero-order valence-electron chi connectivity index (χ0n) is 18.2. The van der Waals surface area contributed by atoms with Gasteiger partial charge >= 0.3 is 0 Å². The molecule has 0 heterocycles. The summed E-state index contributed by atoms with van der Waals surface area (Å²) in [6, 6.07) is 17.3. The van der Waals surface area contributed by atoms with Crippen molar-refractivity contribution in [3.63, 3.8) is 0 Å². The molecule has 3 aromatic carbocycles. The van der Waals surface area contributed by atoms with Gasteiger partial charge in [0.1, 0.15) is 4.90 Å². The fourth-order valence-electron chi connectivity index (χ4n) is 3.01. The number of benzene rings is 3. The Bertz CT molecular complexity index is 1250. The predicted molar refractivity (Wildman–Crippen MR) is 138 cm³/mol. The molecule has 0 radical (unpaired) electrons. The molecule has 174 valence electrons. The number of nitrogens with one attached hydrogen (secondary N) is 2. The third-order valence-electron chi connectivity index (χ3n) is 4.83. The standard InChI is InChI=1S/C24H24Cl2N2O3S2/c1-16-3-4-17(2)22(13-16)28-33(30,31)23-14-19(7-10-21(23)26)24(29)27-11-12-32-15-18-5-8-20(25)9-6-18/h3-10,13-14,28H,11-12,15H2,1-2H3,(H,27,29). The SMILES string of the molecule is Cc1ccc(C)c(NS(=O)(=O)c2cc(C(=O)NCCSCc3ccc(Cl)cc3)ccc2Cl)c1. The highest BCUT2D eigenvalue weighted by molar-refractivity contribution is 7.98. The van der Waals surface area contributed by atoms with Gasteiger partial charge in [-0.1, -0.05) is 47.5 Å². The molecule has 0 aromatic heterocycles. The molecular weight excluding hydrogens is 499 g/mol. The molecule has 0 unspecified atom stereocenters. The molecule has 1 amide bonds. The lowest BCUT2D eigenvalue weighted by Gasteiger charge is -2.13. The van der Waals surface area contributed by atoms with Gasteiger partial charge in [-0.25, -0.2) is 8.42 Å². The fourth-order valence-corrected chi connectivity index (χ4v) is 5.60. The Hall–Kier alpha value is -2.19. The maximum absolute atomic E-state index is 13.0. The second kappa shape index (κ2) is 11.3. The summed E-state index contributed by atoms with van der Waals surface area (Å²) < 4.78 is 28.5. The van der Waals surface area contributed by atoms with E-state index < -0.39 is 10.0 Å². The lowest BCUT2D eigenvalue weighted by Crippen LogP contribution is -2.26. The van der Waals surface area contributed by atoms with Crippen molar-refractivity contribution in [2.45, 2.75) is 24.5 Å². The molecule has 0 fully saturated rings. The van der Waals surface area contributed by atoms with Crippen LogP contribution in [0.2, 0.25) is 10.0 Å². The predicted octanol–water partition coefficient (Wildman–Crippen LogP) is 6.07. The van der Waals surface area contributed by atoms with E-state index in [1.165, 1.54) is 18.2 Å². The Balaban J connectivity index is 1.61. The molecule has 0 saturated heterocycles. The Morgan fingerprint density at radius 3 is 2.42 bits per heavy atom. The van der Waals surface area contributed by atoms with Gasteiger partial charge in [-0.2, -0.15) is 11.8 Å². The van der Waals surface area contributed by atoms with E-state index in [9.17, 15) is 13.2 Å². The van der Waals surface area contributed by atoms with Gasteiger partial charge in [0, 0.05) is 28.6 Å². The van der Waals surface area contributed by atoms with Crippen LogP contribution in [0.3, 0.4) is 0 Å². The van der Waals surface area contributed by atoms with Crippen molar-refractivity contribution in [1.29, 1.82) is 0 Å². The minimum absolute atomic E-state index is 0.0443. The van der Waals surface area contributed by atoms with Crippen LogP contribution in [0, 0.1) is 13.8 Å². The zero-order chi connectivity index (χ0) is 24.0. The zero-order valence-corrected chi connectivity index (χ0v) is 21.3. The van der Waals surface area contributed by atoms with Crippen LogP contribution < -0.4 is 10.0 Å². The maximum atomic E-state index is 13.0. The first-order chi connectivity index (χ1) is 15.7. The van der Waals surface area contributed by atoms with Gasteiger partial charge in [0.25, 0.3) is 15.9 Å². The third kappa shape index (κ3) is 7.14. The first-order valence-corrected chi connectivity index (χ1v) is 13.5. The molecule has 2 N–H and O–H groups in total. The molecule has 0 aliphatic carbocycles. The van der Waals surface area contributed by atoms with Crippen molar-refractivity contribution in [2.24, 2.45) is 0 Å².